The Morgan fingerprint density at radius 2 is 2.47 bits per heavy atom. The van der Waals surface area contributed by atoms with Crippen LogP contribution in [0.3, 0.4) is 0 Å². The van der Waals surface area contributed by atoms with Crippen molar-refractivity contribution in [2.45, 2.75) is 44.8 Å². The molecule has 0 amide bonds. The number of aliphatic hydroxyl groups is 1. The van der Waals surface area contributed by atoms with Gasteiger partial charge in [0, 0.05) is 12.1 Å². The number of rotatable bonds is 6. The van der Waals surface area contributed by atoms with Crippen LogP contribution < -0.4 is 0 Å². The second kappa shape index (κ2) is 5.31. The summed E-state index contributed by atoms with van der Waals surface area (Å²) < 4.78 is 6.47. The molecule has 1 heterocycles. The maximum absolute atomic E-state index is 11.2. The summed E-state index contributed by atoms with van der Waals surface area (Å²) in [5, 5.41) is 14.1. The van der Waals surface area contributed by atoms with Gasteiger partial charge in [-0.25, -0.2) is 0 Å². The molecule has 5 heteroatoms. The monoisotopic (exact) mass is 238 g/mol. The van der Waals surface area contributed by atoms with E-state index >= 15 is 0 Å². The number of nitrogens with zero attached hydrogens (tertiary/aromatic N) is 2. The average Bonchev–Trinajstić information content (AvgIpc) is 3.01. The van der Waals surface area contributed by atoms with E-state index in [1.807, 2.05) is 12.3 Å². The Kier molecular flexibility index (Phi) is 3.78. The highest BCUT2D eigenvalue weighted by molar-refractivity contribution is 5.69. The van der Waals surface area contributed by atoms with Crippen LogP contribution in [0.5, 0.6) is 0 Å². The first-order valence-corrected chi connectivity index (χ1v) is 6.06. The van der Waals surface area contributed by atoms with E-state index in [2.05, 4.69) is 5.10 Å². The molecule has 1 aromatic heterocycles. The molecule has 0 aliphatic heterocycles. The summed E-state index contributed by atoms with van der Waals surface area (Å²) in [5.41, 5.74) is 1.09. The van der Waals surface area contributed by atoms with Crippen molar-refractivity contribution < 1.29 is 14.6 Å². The number of carbonyl (C=O) groups is 1. The Bertz CT molecular complexity index is 385. The fourth-order valence-corrected chi connectivity index (χ4v) is 1.77. The SMILES string of the molecule is CCOC(=O)CC(O)Cn1ccc(C2CC2)n1. The van der Waals surface area contributed by atoms with Crippen LogP contribution in [0, 0.1) is 0 Å². The van der Waals surface area contributed by atoms with Crippen LogP contribution >= 0.6 is 0 Å². The smallest absolute Gasteiger partial charge is 0.308 e. The lowest BCUT2D eigenvalue weighted by atomic mass is 10.2. The van der Waals surface area contributed by atoms with Crippen LogP contribution in [-0.2, 0) is 16.1 Å². The van der Waals surface area contributed by atoms with E-state index in [1.54, 1.807) is 11.6 Å². The molecule has 1 unspecified atom stereocenters. The van der Waals surface area contributed by atoms with E-state index in [4.69, 9.17) is 4.74 Å². The van der Waals surface area contributed by atoms with Gasteiger partial charge >= 0.3 is 5.97 Å². The second-order valence-corrected chi connectivity index (χ2v) is 4.40. The van der Waals surface area contributed by atoms with Crippen molar-refractivity contribution in [2.24, 2.45) is 0 Å². The van der Waals surface area contributed by atoms with Gasteiger partial charge in [0.1, 0.15) is 0 Å². The summed E-state index contributed by atoms with van der Waals surface area (Å²) in [4.78, 5) is 11.2. The summed E-state index contributed by atoms with van der Waals surface area (Å²) in [6.45, 7) is 2.43. The molecular formula is C12H18N2O3. The first-order valence-electron chi connectivity index (χ1n) is 6.06. The number of hydrogen-bond donors (Lipinski definition) is 1. The molecule has 1 fully saturated rings. The number of ether oxygens (including phenoxy) is 1. The van der Waals surface area contributed by atoms with Gasteiger partial charge in [-0.05, 0) is 25.8 Å². The molecule has 1 aromatic rings. The molecule has 1 atom stereocenters. The van der Waals surface area contributed by atoms with Crippen molar-refractivity contribution >= 4 is 5.97 Å². The van der Waals surface area contributed by atoms with E-state index in [0.717, 1.165) is 5.69 Å². The lowest BCUT2D eigenvalue weighted by molar-refractivity contribution is -0.145. The van der Waals surface area contributed by atoms with Gasteiger partial charge in [-0.3, -0.25) is 9.48 Å². The third-order valence-electron chi connectivity index (χ3n) is 2.76. The second-order valence-electron chi connectivity index (χ2n) is 4.40. The Morgan fingerprint density at radius 1 is 1.71 bits per heavy atom. The molecule has 1 N–H and O–H groups in total. The maximum Gasteiger partial charge on any atom is 0.308 e. The molecule has 0 saturated heterocycles. The standard InChI is InChI=1S/C12H18N2O3/c1-2-17-12(16)7-10(15)8-14-6-5-11(13-14)9-3-4-9/h5-6,9-10,15H,2-4,7-8H2,1H3. The normalized spacial score (nSPS) is 16.8. The van der Waals surface area contributed by atoms with Gasteiger partial charge in [-0.2, -0.15) is 5.10 Å². The summed E-state index contributed by atoms with van der Waals surface area (Å²) in [6.07, 6.45) is 3.56. The molecule has 1 aliphatic carbocycles. The predicted octanol–water partition coefficient (Wildman–Crippen LogP) is 1.07. The summed E-state index contributed by atoms with van der Waals surface area (Å²) in [5.74, 6) is 0.244. The van der Waals surface area contributed by atoms with Crippen LogP contribution in [0.4, 0.5) is 0 Å². The first-order chi connectivity index (χ1) is 8.19. The zero-order chi connectivity index (χ0) is 12.3. The highest BCUT2D eigenvalue weighted by Gasteiger charge is 2.26. The molecule has 0 radical (unpaired) electrons. The van der Waals surface area contributed by atoms with Crippen molar-refractivity contribution in [3.05, 3.63) is 18.0 Å². The fourth-order valence-electron chi connectivity index (χ4n) is 1.77. The van der Waals surface area contributed by atoms with Crippen molar-refractivity contribution in [1.82, 2.24) is 9.78 Å². The highest BCUT2D eigenvalue weighted by Crippen LogP contribution is 2.38. The van der Waals surface area contributed by atoms with Crippen LogP contribution in [-0.4, -0.2) is 33.6 Å². The molecule has 2 rings (SSSR count). The molecule has 0 spiro atoms. The Morgan fingerprint density at radius 3 is 3.12 bits per heavy atom. The molecule has 0 bridgehead atoms. The number of aromatic nitrogens is 2. The summed E-state index contributed by atoms with van der Waals surface area (Å²) in [6, 6.07) is 1.98. The van der Waals surface area contributed by atoms with Crippen molar-refractivity contribution in [1.29, 1.82) is 0 Å². The lowest BCUT2D eigenvalue weighted by Gasteiger charge is -2.09. The van der Waals surface area contributed by atoms with Crippen molar-refractivity contribution in [3.8, 4) is 0 Å². The number of hydrogen-bond acceptors (Lipinski definition) is 4. The van der Waals surface area contributed by atoms with Gasteiger partial charge in [0.2, 0.25) is 0 Å². The van der Waals surface area contributed by atoms with Crippen LogP contribution in [0.25, 0.3) is 0 Å². The Balaban J connectivity index is 1.80. The van der Waals surface area contributed by atoms with Crippen molar-refractivity contribution in [3.63, 3.8) is 0 Å². The minimum Gasteiger partial charge on any atom is -0.466 e. The largest absolute Gasteiger partial charge is 0.466 e. The third-order valence-corrected chi connectivity index (χ3v) is 2.76. The molecule has 1 aliphatic rings. The van der Waals surface area contributed by atoms with Gasteiger partial charge in [0.25, 0.3) is 0 Å². The summed E-state index contributed by atoms with van der Waals surface area (Å²) >= 11 is 0. The topological polar surface area (TPSA) is 64.3 Å². The molecule has 5 nitrogen and oxygen atoms in total. The minimum absolute atomic E-state index is 0.0203. The number of carbonyl (C=O) groups excluding carboxylic acids is 1. The molecule has 94 valence electrons. The van der Waals surface area contributed by atoms with Crippen LogP contribution in [0.1, 0.15) is 37.8 Å². The highest BCUT2D eigenvalue weighted by atomic mass is 16.5. The number of esters is 1. The first kappa shape index (κ1) is 12.1. The van der Waals surface area contributed by atoms with E-state index in [-0.39, 0.29) is 12.4 Å². The maximum atomic E-state index is 11.2. The van der Waals surface area contributed by atoms with Crippen LogP contribution in [0.15, 0.2) is 12.3 Å². The Labute approximate surface area is 100 Å². The zero-order valence-corrected chi connectivity index (χ0v) is 10.0. The molecule has 0 aromatic carbocycles. The predicted molar refractivity (Wildman–Crippen MR) is 61.5 cm³/mol. The quantitative estimate of drug-likeness (QED) is 0.753. The van der Waals surface area contributed by atoms with E-state index in [1.165, 1.54) is 12.8 Å². The average molecular weight is 238 g/mol. The van der Waals surface area contributed by atoms with Gasteiger partial charge < -0.3 is 9.84 Å². The molecule has 17 heavy (non-hydrogen) atoms. The van der Waals surface area contributed by atoms with Gasteiger partial charge in [0.15, 0.2) is 0 Å². The van der Waals surface area contributed by atoms with E-state index < -0.39 is 6.10 Å². The zero-order valence-electron chi connectivity index (χ0n) is 10.0. The summed E-state index contributed by atoms with van der Waals surface area (Å²) in [7, 11) is 0. The van der Waals surface area contributed by atoms with Gasteiger partial charge in [-0.1, -0.05) is 0 Å². The van der Waals surface area contributed by atoms with Gasteiger partial charge in [0.05, 0.1) is 31.4 Å². The fraction of sp³-hybridized carbons (Fsp3) is 0.667. The Hall–Kier alpha value is -1.36. The van der Waals surface area contributed by atoms with Crippen molar-refractivity contribution in [2.75, 3.05) is 6.61 Å². The molecule has 1 saturated carbocycles. The van der Waals surface area contributed by atoms with Gasteiger partial charge in [-0.15, -0.1) is 0 Å². The lowest BCUT2D eigenvalue weighted by Crippen LogP contribution is -2.21. The van der Waals surface area contributed by atoms with E-state index in [9.17, 15) is 9.90 Å². The molecular weight excluding hydrogens is 220 g/mol. The van der Waals surface area contributed by atoms with Crippen LogP contribution in [0.2, 0.25) is 0 Å². The van der Waals surface area contributed by atoms with E-state index in [0.29, 0.717) is 19.1 Å². The third kappa shape index (κ3) is 3.56. The number of aliphatic hydroxyl groups excluding tert-OH is 1. The minimum atomic E-state index is -0.735.